The van der Waals surface area contributed by atoms with Crippen molar-refractivity contribution in [1.29, 1.82) is 0 Å². The first-order valence-corrected chi connectivity index (χ1v) is 10.9. The van der Waals surface area contributed by atoms with Gasteiger partial charge in [-0.2, -0.15) is 5.11 Å². The number of hydrogen-bond acceptors (Lipinski definition) is 8. The van der Waals surface area contributed by atoms with Crippen molar-refractivity contribution in [3.63, 3.8) is 0 Å². The van der Waals surface area contributed by atoms with Gasteiger partial charge in [0.1, 0.15) is 5.56 Å². The van der Waals surface area contributed by atoms with E-state index in [0.717, 1.165) is 5.56 Å². The van der Waals surface area contributed by atoms with Crippen LogP contribution in [-0.4, -0.2) is 41.9 Å². The molecule has 34 heavy (non-hydrogen) atoms. The third-order valence-corrected chi connectivity index (χ3v) is 5.71. The molecular formula is C23H29N5O6. The van der Waals surface area contributed by atoms with E-state index in [1.165, 1.54) is 12.3 Å². The van der Waals surface area contributed by atoms with E-state index in [4.69, 9.17) is 15.3 Å². The van der Waals surface area contributed by atoms with E-state index < -0.39 is 11.3 Å². The summed E-state index contributed by atoms with van der Waals surface area (Å²) < 4.78 is 13.0. The van der Waals surface area contributed by atoms with Crippen LogP contribution in [0.25, 0.3) is 11.3 Å². The van der Waals surface area contributed by atoms with Crippen molar-refractivity contribution in [2.75, 3.05) is 26.4 Å². The quantitative estimate of drug-likeness (QED) is 0.186. The average molecular weight is 472 g/mol. The molecule has 0 saturated carbocycles. The summed E-state index contributed by atoms with van der Waals surface area (Å²) in [4.78, 5) is 35.2. The summed E-state index contributed by atoms with van der Waals surface area (Å²) in [6, 6.07) is 4.54. The molecule has 0 radical (unpaired) electrons. The number of phenolic OH excluding ortho intramolecular Hbond substituents is 1. The van der Waals surface area contributed by atoms with E-state index in [9.17, 15) is 19.6 Å². The molecule has 1 aromatic heterocycles. The normalized spacial score (nSPS) is 15.1. The minimum absolute atomic E-state index is 0.0639. The summed E-state index contributed by atoms with van der Waals surface area (Å²) >= 11 is 0. The number of nitrogens with two attached hydrogens (primary N) is 1. The van der Waals surface area contributed by atoms with Crippen LogP contribution in [0.2, 0.25) is 0 Å². The zero-order chi connectivity index (χ0) is 24.9. The van der Waals surface area contributed by atoms with E-state index in [-0.39, 0.29) is 22.8 Å². The lowest BCUT2D eigenvalue weighted by atomic mass is 9.78. The van der Waals surface area contributed by atoms with Crippen LogP contribution >= 0.6 is 0 Å². The largest absolute Gasteiger partial charge is 0.504 e. The molecule has 1 aliphatic heterocycles. The maximum absolute atomic E-state index is 12.5. The van der Waals surface area contributed by atoms with Crippen LogP contribution < -0.4 is 16.0 Å². The van der Waals surface area contributed by atoms with Crippen molar-refractivity contribution < 1.29 is 19.4 Å². The summed E-state index contributed by atoms with van der Waals surface area (Å²) in [5.41, 5.74) is 1.02. The van der Waals surface area contributed by atoms with Gasteiger partial charge in [-0.25, -0.2) is 0 Å². The summed E-state index contributed by atoms with van der Waals surface area (Å²) in [5, 5.41) is 19.7. The number of phenols is 1. The van der Waals surface area contributed by atoms with E-state index in [1.807, 2.05) is 4.57 Å². The molecule has 0 spiro atoms. The number of hydrogen-bond donors (Lipinski definition) is 2. The third kappa shape index (κ3) is 5.48. The molecule has 2 heterocycles. The van der Waals surface area contributed by atoms with Crippen LogP contribution in [0.5, 0.6) is 11.5 Å². The number of aromatic hydroxyl groups is 1. The smallest absolute Gasteiger partial charge is 0.322 e. The van der Waals surface area contributed by atoms with Gasteiger partial charge in [0.2, 0.25) is 0 Å². The Morgan fingerprint density at radius 3 is 2.68 bits per heavy atom. The lowest BCUT2D eigenvalue weighted by Crippen LogP contribution is -2.32. The van der Waals surface area contributed by atoms with E-state index >= 15 is 0 Å². The first-order valence-electron chi connectivity index (χ1n) is 10.9. The molecule has 0 aliphatic carbocycles. The number of pyridine rings is 1. The molecule has 3 N–H and O–H groups in total. The number of nitroso groups, excluding NO2 is 1. The second-order valence-electron chi connectivity index (χ2n) is 9.10. The molecule has 1 amide bonds. The van der Waals surface area contributed by atoms with Crippen molar-refractivity contribution in [3.05, 3.63) is 50.7 Å². The van der Waals surface area contributed by atoms with Gasteiger partial charge in [-0.3, -0.25) is 9.59 Å². The van der Waals surface area contributed by atoms with Crippen molar-refractivity contribution in [1.82, 2.24) is 4.57 Å². The Bertz CT molecular complexity index is 1150. The summed E-state index contributed by atoms with van der Waals surface area (Å²) in [7, 11) is 0. The molecule has 2 aromatic rings. The Kier molecular flexibility index (Phi) is 7.77. The standard InChI is InChI=1S/C23H29N5O6/c1-23(2,3)21-10-14-9-20(34-7-4-6-33-8-5-25-27-24)19(30)11-15(14)17-12-18(29)16(13-28(17)21)22(31)26-32/h9,11-13,21,30H,4-8,10H2,1-3H3,(H2,24,25). The van der Waals surface area contributed by atoms with Crippen molar-refractivity contribution >= 4 is 5.91 Å². The van der Waals surface area contributed by atoms with Crippen LogP contribution in [0.4, 0.5) is 0 Å². The molecule has 1 unspecified atom stereocenters. The zero-order valence-electron chi connectivity index (χ0n) is 19.5. The van der Waals surface area contributed by atoms with Gasteiger partial charge < -0.3 is 25.0 Å². The molecule has 1 aromatic carbocycles. The number of nitrogens with zero attached hydrogens (tertiary/aromatic N) is 4. The SMILES string of the molecule is CC(C)(C)C1Cc2cc(OCCCOCCN=NN)c(O)cc2-c2cc(=O)c(C(=O)N=O)cn21. The highest BCUT2D eigenvalue weighted by Crippen LogP contribution is 2.45. The van der Waals surface area contributed by atoms with Gasteiger partial charge in [-0.1, -0.05) is 26.0 Å². The van der Waals surface area contributed by atoms with Crippen LogP contribution in [0.1, 0.15) is 49.2 Å². The maximum Gasteiger partial charge on any atom is 0.322 e. The molecule has 1 aliphatic rings. The van der Waals surface area contributed by atoms with Gasteiger partial charge in [0.25, 0.3) is 0 Å². The predicted molar refractivity (Wildman–Crippen MR) is 125 cm³/mol. The van der Waals surface area contributed by atoms with Gasteiger partial charge in [0, 0.05) is 42.1 Å². The second kappa shape index (κ2) is 10.6. The van der Waals surface area contributed by atoms with Crippen molar-refractivity contribution in [2.45, 2.75) is 39.7 Å². The lowest BCUT2D eigenvalue weighted by molar-refractivity contribution is 0.0998. The van der Waals surface area contributed by atoms with Crippen LogP contribution in [0, 0.1) is 10.3 Å². The van der Waals surface area contributed by atoms with Gasteiger partial charge in [-0.15, -0.1) is 4.91 Å². The Labute approximate surface area is 196 Å². The topological polar surface area (TPSA) is 158 Å². The fourth-order valence-electron chi connectivity index (χ4n) is 4.00. The third-order valence-electron chi connectivity index (χ3n) is 5.71. The first kappa shape index (κ1) is 25.0. The summed E-state index contributed by atoms with van der Waals surface area (Å²) in [5.74, 6) is 4.10. The highest BCUT2D eigenvalue weighted by molar-refractivity contribution is 5.94. The van der Waals surface area contributed by atoms with Crippen molar-refractivity contribution in [2.24, 2.45) is 26.8 Å². The number of ether oxygens (including phenoxy) is 2. The van der Waals surface area contributed by atoms with E-state index in [2.05, 4.69) is 36.3 Å². The molecule has 0 saturated heterocycles. The minimum Gasteiger partial charge on any atom is -0.504 e. The Balaban J connectivity index is 1.87. The monoisotopic (exact) mass is 471 g/mol. The number of rotatable bonds is 9. The summed E-state index contributed by atoms with van der Waals surface area (Å²) in [6.07, 6.45) is 2.59. The van der Waals surface area contributed by atoms with Crippen LogP contribution in [-0.2, 0) is 11.2 Å². The molecule has 11 nitrogen and oxygen atoms in total. The molecule has 182 valence electrons. The second-order valence-corrected chi connectivity index (χ2v) is 9.10. The molecular weight excluding hydrogens is 442 g/mol. The number of carbonyl (C=O) groups excluding carboxylic acids is 1. The molecule has 1 atom stereocenters. The maximum atomic E-state index is 12.5. The number of amides is 1. The number of carbonyl (C=O) groups is 1. The molecule has 0 bridgehead atoms. The van der Waals surface area contributed by atoms with Gasteiger partial charge >= 0.3 is 5.91 Å². The molecule has 3 rings (SSSR count). The summed E-state index contributed by atoms with van der Waals surface area (Å²) in [6.45, 7) is 7.76. The number of fused-ring (bicyclic) bond motifs is 3. The zero-order valence-corrected chi connectivity index (χ0v) is 19.5. The number of benzene rings is 1. The Morgan fingerprint density at radius 2 is 2.00 bits per heavy atom. The fraction of sp³-hybridized carbons (Fsp3) is 0.478. The average Bonchev–Trinajstić information content (AvgIpc) is 2.79. The highest BCUT2D eigenvalue weighted by atomic mass is 16.5. The molecule has 11 heteroatoms. The minimum atomic E-state index is -1.10. The van der Waals surface area contributed by atoms with Crippen LogP contribution in [0.15, 0.2) is 44.7 Å². The first-order chi connectivity index (χ1) is 16.2. The van der Waals surface area contributed by atoms with E-state index in [1.54, 1.807) is 12.1 Å². The van der Waals surface area contributed by atoms with Crippen LogP contribution in [0.3, 0.4) is 0 Å². The van der Waals surface area contributed by atoms with Gasteiger partial charge in [-0.05, 0) is 29.5 Å². The fourth-order valence-corrected chi connectivity index (χ4v) is 4.00. The predicted octanol–water partition coefficient (Wildman–Crippen LogP) is 3.38. The Morgan fingerprint density at radius 1 is 1.24 bits per heavy atom. The van der Waals surface area contributed by atoms with Gasteiger partial charge in [0.05, 0.1) is 25.5 Å². The lowest BCUT2D eigenvalue weighted by Gasteiger charge is -2.39. The highest BCUT2D eigenvalue weighted by Gasteiger charge is 2.34. The Hall–Kier alpha value is -3.60. The number of aromatic nitrogens is 1. The van der Waals surface area contributed by atoms with Gasteiger partial charge in [0.15, 0.2) is 16.9 Å². The van der Waals surface area contributed by atoms with E-state index in [0.29, 0.717) is 56.2 Å². The molecule has 0 fully saturated rings. The van der Waals surface area contributed by atoms with Crippen molar-refractivity contribution in [3.8, 4) is 22.8 Å².